The number of nitrogens with one attached hydrogen (secondary N) is 1. The Morgan fingerprint density at radius 2 is 1.82 bits per heavy atom. The number of hydrogen-bond donors (Lipinski definition) is 2. The van der Waals surface area contributed by atoms with Crippen molar-refractivity contribution in [2.75, 3.05) is 13.2 Å². The van der Waals surface area contributed by atoms with Crippen LogP contribution in [0.1, 0.15) is 0 Å². The first kappa shape index (κ1) is 20.6. The topological polar surface area (TPSA) is 89.5 Å². The van der Waals surface area contributed by atoms with Gasteiger partial charge in [-0.15, -0.1) is 0 Å². The molecule has 0 saturated carbocycles. The molecule has 2 aromatic carbocycles. The van der Waals surface area contributed by atoms with Crippen LogP contribution in [0, 0.1) is 5.82 Å². The second-order valence-corrected chi connectivity index (χ2v) is 8.52. The maximum Gasteiger partial charge on any atom is 0.296 e. The first-order valence-electron chi connectivity index (χ1n) is 10.6. The summed E-state index contributed by atoms with van der Waals surface area (Å²) in [5, 5.41) is 10.2. The Morgan fingerprint density at radius 3 is 2.64 bits per heavy atom. The third-order valence-electron chi connectivity index (χ3n) is 5.98. The fraction of sp³-hybridized carbons (Fsp3) is 0.250. The van der Waals surface area contributed by atoms with Crippen molar-refractivity contribution >= 4 is 22.8 Å². The molecule has 168 valence electrons. The molecule has 0 spiro atoms. The molecular weight excluding hydrogens is 449 g/mol. The lowest BCUT2D eigenvalue weighted by molar-refractivity contribution is 0.00706. The number of nitrogens with zero attached hydrogens (tertiary/aromatic N) is 2. The molecule has 2 saturated heterocycles. The van der Waals surface area contributed by atoms with Crippen molar-refractivity contribution in [1.29, 1.82) is 0 Å². The lowest BCUT2D eigenvalue weighted by Crippen LogP contribution is -2.34. The Kier molecular flexibility index (Phi) is 5.03. The number of fused-ring (bicyclic) bond motifs is 2. The van der Waals surface area contributed by atoms with Gasteiger partial charge in [0.2, 0.25) is 0 Å². The molecular formula is C24H19ClFN3O4. The van der Waals surface area contributed by atoms with Crippen LogP contribution in [0.3, 0.4) is 0 Å². The van der Waals surface area contributed by atoms with E-state index in [4.69, 9.17) is 25.8 Å². The van der Waals surface area contributed by atoms with Crippen LogP contribution < -0.4 is 4.74 Å². The average molecular weight is 468 g/mol. The van der Waals surface area contributed by atoms with Gasteiger partial charge < -0.3 is 24.3 Å². The standard InChI is InChI=1S/C24H19ClFN3O4/c25-15-9-17-23(29-24(27-17)33-19-11-32-21-18(30)10-31-22(19)21)28-20(15)14-7-6-13(8-16(14)26)12-4-2-1-3-5-12/h1-9,18-19,21-22,30H,10-11H2,(H,27,28,29)/t18-,19-,21-,22-/m1/s1. The average Bonchev–Trinajstić information content (AvgIpc) is 3.51. The van der Waals surface area contributed by atoms with Crippen molar-refractivity contribution < 1.29 is 23.7 Å². The summed E-state index contributed by atoms with van der Waals surface area (Å²) >= 11 is 6.45. The molecule has 2 aliphatic rings. The summed E-state index contributed by atoms with van der Waals surface area (Å²) < 4.78 is 32.1. The van der Waals surface area contributed by atoms with E-state index in [-0.39, 0.29) is 35.9 Å². The van der Waals surface area contributed by atoms with E-state index >= 15 is 4.39 Å². The number of pyridine rings is 1. The van der Waals surface area contributed by atoms with Gasteiger partial charge in [-0.05, 0) is 29.3 Å². The molecule has 4 atom stereocenters. The summed E-state index contributed by atoms with van der Waals surface area (Å²) in [4.78, 5) is 11.9. The molecule has 0 bridgehead atoms. The molecule has 33 heavy (non-hydrogen) atoms. The minimum absolute atomic E-state index is 0.213. The number of ether oxygens (including phenoxy) is 3. The molecule has 6 rings (SSSR count). The van der Waals surface area contributed by atoms with Crippen LogP contribution in [0.25, 0.3) is 33.5 Å². The van der Waals surface area contributed by atoms with E-state index in [0.717, 1.165) is 11.1 Å². The molecule has 0 unspecified atom stereocenters. The maximum absolute atomic E-state index is 15.0. The lowest BCUT2D eigenvalue weighted by atomic mass is 10.0. The third-order valence-corrected chi connectivity index (χ3v) is 6.27. The van der Waals surface area contributed by atoms with Crippen molar-refractivity contribution in [2.24, 2.45) is 0 Å². The highest BCUT2D eigenvalue weighted by Crippen LogP contribution is 2.34. The zero-order chi connectivity index (χ0) is 22.5. The van der Waals surface area contributed by atoms with Crippen molar-refractivity contribution in [1.82, 2.24) is 15.0 Å². The van der Waals surface area contributed by atoms with Crippen LogP contribution in [-0.4, -0.2) is 57.7 Å². The van der Waals surface area contributed by atoms with Gasteiger partial charge in [0.25, 0.3) is 6.01 Å². The number of rotatable bonds is 4. The highest BCUT2D eigenvalue weighted by Gasteiger charge is 2.48. The van der Waals surface area contributed by atoms with E-state index in [1.54, 1.807) is 12.1 Å². The first-order valence-corrected chi connectivity index (χ1v) is 10.9. The number of halogens is 2. The predicted molar refractivity (Wildman–Crippen MR) is 120 cm³/mol. The van der Waals surface area contributed by atoms with Gasteiger partial charge in [-0.2, -0.15) is 4.98 Å². The molecule has 2 aliphatic heterocycles. The van der Waals surface area contributed by atoms with Crippen LogP contribution in [0.15, 0.2) is 54.6 Å². The molecule has 0 radical (unpaired) electrons. The van der Waals surface area contributed by atoms with Crippen molar-refractivity contribution in [3.8, 4) is 28.4 Å². The maximum atomic E-state index is 15.0. The smallest absolute Gasteiger partial charge is 0.296 e. The van der Waals surface area contributed by atoms with Gasteiger partial charge in [-0.25, -0.2) is 9.37 Å². The van der Waals surface area contributed by atoms with Crippen LogP contribution in [0.4, 0.5) is 4.39 Å². The summed E-state index contributed by atoms with van der Waals surface area (Å²) in [7, 11) is 0. The van der Waals surface area contributed by atoms with Crippen molar-refractivity contribution in [3.63, 3.8) is 0 Å². The number of H-pyrrole nitrogens is 1. The van der Waals surface area contributed by atoms with Crippen molar-refractivity contribution in [3.05, 3.63) is 65.4 Å². The molecule has 9 heteroatoms. The second kappa shape index (κ2) is 8.07. The Morgan fingerprint density at radius 1 is 1.00 bits per heavy atom. The van der Waals surface area contributed by atoms with Gasteiger partial charge in [0.05, 0.1) is 29.4 Å². The molecule has 2 N–H and O–H groups in total. The quantitative estimate of drug-likeness (QED) is 0.471. The number of aromatic nitrogens is 3. The van der Waals surface area contributed by atoms with E-state index in [2.05, 4.69) is 15.0 Å². The van der Waals surface area contributed by atoms with Gasteiger partial charge in [-0.3, -0.25) is 0 Å². The lowest BCUT2D eigenvalue weighted by Gasteiger charge is -2.15. The fourth-order valence-corrected chi connectivity index (χ4v) is 4.60. The molecule has 0 aliphatic carbocycles. The monoisotopic (exact) mass is 467 g/mol. The molecule has 2 aromatic heterocycles. The van der Waals surface area contributed by atoms with Crippen LogP contribution >= 0.6 is 11.6 Å². The van der Waals surface area contributed by atoms with Crippen LogP contribution in [-0.2, 0) is 9.47 Å². The minimum Gasteiger partial charge on any atom is -0.456 e. The Labute approximate surface area is 193 Å². The summed E-state index contributed by atoms with van der Waals surface area (Å²) in [6, 6.07) is 16.4. The largest absolute Gasteiger partial charge is 0.456 e. The van der Waals surface area contributed by atoms with Gasteiger partial charge in [0, 0.05) is 5.56 Å². The van der Waals surface area contributed by atoms with E-state index in [1.165, 1.54) is 6.07 Å². The van der Waals surface area contributed by atoms with E-state index in [0.29, 0.717) is 16.9 Å². The summed E-state index contributed by atoms with van der Waals surface area (Å²) in [6.45, 7) is 0.492. The summed E-state index contributed by atoms with van der Waals surface area (Å²) in [5.41, 5.74) is 3.17. The van der Waals surface area contributed by atoms with Crippen molar-refractivity contribution in [2.45, 2.75) is 24.4 Å². The Balaban J connectivity index is 1.29. The van der Waals surface area contributed by atoms with Gasteiger partial charge in [-0.1, -0.05) is 48.0 Å². The SMILES string of the molecule is O[C@@H]1CO[C@H]2[C@@H]1OC[C@H]2Oc1nc2nc(-c3ccc(-c4ccccc4)cc3F)c(Cl)cc2[nH]1. The molecule has 0 amide bonds. The Hall–Kier alpha value is -3.04. The van der Waals surface area contributed by atoms with E-state index < -0.39 is 24.1 Å². The molecule has 4 heterocycles. The molecule has 7 nitrogen and oxygen atoms in total. The predicted octanol–water partition coefficient (Wildman–Crippen LogP) is 3.99. The van der Waals surface area contributed by atoms with Gasteiger partial charge >= 0.3 is 0 Å². The number of hydrogen-bond acceptors (Lipinski definition) is 6. The molecule has 2 fully saturated rings. The zero-order valence-electron chi connectivity index (χ0n) is 17.2. The minimum atomic E-state index is -0.662. The number of aromatic amines is 1. The highest BCUT2D eigenvalue weighted by atomic mass is 35.5. The van der Waals surface area contributed by atoms with Gasteiger partial charge in [0.15, 0.2) is 11.8 Å². The van der Waals surface area contributed by atoms with E-state index in [1.807, 2.05) is 36.4 Å². The number of imidazole rings is 1. The van der Waals surface area contributed by atoms with Crippen LogP contribution in [0.2, 0.25) is 5.02 Å². The number of benzene rings is 2. The second-order valence-electron chi connectivity index (χ2n) is 8.11. The Bertz CT molecular complexity index is 1330. The normalized spacial score (nSPS) is 24.3. The van der Waals surface area contributed by atoms with Crippen LogP contribution in [0.5, 0.6) is 6.01 Å². The van der Waals surface area contributed by atoms with E-state index in [9.17, 15) is 5.11 Å². The summed E-state index contributed by atoms with van der Waals surface area (Å²) in [6.07, 6.45) is -1.84. The first-order chi connectivity index (χ1) is 16.1. The highest BCUT2D eigenvalue weighted by molar-refractivity contribution is 6.33. The number of aliphatic hydroxyl groups is 1. The number of aliphatic hydroxyl groups excluding tert-OH is 1. The van der Waals surface area contributed by atoms with Gasteiger partial charge in [0.1, 0.15) is 24.1 Å². The zero-order valence-corrected chi connectivity index (χ0v) is 18.0. The third kappa shape index (κ3) is 3.65. The molecule has 4 aromatic rings. The fourth-order valence-electron chi connectivity index (χ4n) is 4.35. The summed E-state index contributed by atoms with van der Waals surface area (Å²) in [5.74, 6) is -0.428.